The van der Waals surface area contributed by atoms with Gasteiger partial charge in [0.25, 0.3) is 0 Å². The van der Waals surface area contributed by atoms with Gasteiger partial charge in [0.05, 0.1) is 18.8 Å². The summed E-state index contributed by atoms with van der Waals surface area (Å²) in [7, 11) is -2.88. The largest absolute Gasteiger partial charge is 0.388 e. The van der Waals surface area contributed by atoms with Crippen LogP contribution < -0.4 is 0 Å². The molecular weight excluding hydrogens is 331 g/mol. The summed E-state index contributed by atoms with van der Waals surface area (Å²) in [5.41, 5.74) is 0.584. The van der Waals surface area contributed by atoms with E-state index in [4.69, 9.17) is 14.0 Å². The van der Waals surface area contributed by atoms with Crippen molar-refractivity contribution < 1.29 is 28.5 Å². The van der Waals surface area contributed by atoms with E-state index in [0.29, 0.717) is 5.56 Å². The third-order valence-corrected chi connectivity index (χ3v) is 5.16. The first kappa shape index (κ1) is 19.3. The molecule has 0 bridgehead atoms. The summed E-state index contributed by atoms with van der Waals surface area (Å²) >= 11 is 0. The number of benzene rings is 1. The average molecular weight is 356 g/mol. The lowest BCUT2D eigenvalue weighted by Gasteiger charge is -2.21. The zero-order valence-electron chi connectivity index (χ0n) is 14.3. The van der Waals surface area contributed by atoms with Gasteiger partial charge in [-0.3, -0.25) is 9.36 Å². The summed E-state index contributed by atoms with van der Waals surface area (Å²) in [4.78, 5) is 12.2. The Labute approximate surface area is 142 Å². The number of hydrogen-bond donors (Lipinski definition) is 1. The minimum absolute atomic E-state index is 0.0807. The third-order valence-electron chi connectivity index (χ3n) is 3.68. The minimum atomic E-state index is -2.88. The van der Waals surface area contributed by atoms with Crippen LogP contribution in [0.25, 0.3) is 0 Å². The molecule has 0 aromatic heterocycles. The van der Waals surface area contributed by atoms with E-state index in [0.717, 1.165) is 0 Å². The van der Waals surface area contributed by atoms with E-state index in [2.05, 4.69) is 0 Å². The van der Waals surface area contributed by atoms with Gasteiger partial charge in [0.1, 0.15) is 18.6 Å². The Morgan fingerprint density at radius 2 is 2.04 bits per heavy atom. The molecular formula is C17H25O6P. The highest BCUT2D eigenvalue weighted by molar-refractivity contribution is 7.57. The normalized spacial score (nSPS) is 26.5. The van der Waals surface area contributed by atoms with Gasteiger partial charge in [-0.15, -0.1) is 0 Å². The van der Waals surface area contributed by atoms with Gasteiger partial charge >= 0.3 is 0 Å². The molecule has 0 aliphatic carbocycles. The van der Waals surface area contributed by atoms with Crippen LogP contribution in [0.4, 0.5) is 0 Å². The van der Waals surface area contributed by atoms with Gasteiger partial charge in [-0.05, 0) is 13.8 Å². The SMILES string of the molecule is CC(C)OP(C)(=O)CO[C@H]1CO[C@@H](CC(=O)c2ccccc2)[C@@H]1O. The molecule has 0 spiro atoms. The van der Waals surface area contributed by atoms with Crippen molar-refractivity contribution in [3.05, 3.63) is 35.9 Å². The van der Waals surface area contributed by atoms with Crippen molar-refractivity contribution in [2.24, 2.45) is 0 Å². The molecule has 1 aromatic rings. The first-order valence-electron chi connectivity index (χ1n) is 8.03. The Hall–Kier alpha value is -1.04. The van der Waals surface area contributed by atoms with Crippen LogP contribution in [0, 0.1) is 0 Å². The highest BCUT2D eigenvalue weighted by atomic mass is 31.2. The maximum Gasteiger partial charge on any atom is 0.225 e. The summed E-state index contributed by atoms with van der Waals surface area (Å²) in [6, 6.07) is 8.88. The Kier molecular flexibility index (Phi) is 6.72. The first-order chi connectivity index (χ1) is 11.3. The number of ether oxygens (including phenoxy) is 2. The summed E-state index contributed by atoms with van der Waals surface area (Å²) in [5.74, 6) is -0.0930. The predicted molar refractivity (Wildman–Crippen MR) is 90.6 cm³/mol. The van der Waals surface area contributed by atoms with E-state index in [-0.39, 0.29) is 31.3 Å². The monoisotopic (exact) mass is 356 g/mol. The molecule has 1 unspecified atom stereocenters. The molecule has 6 nitrogen and oxygen atoms in total. The molecule has 0 amide bonds. The van der Waals surface area contributed by atoms with Crippen LogP contribution in [0.2, 0.25) is 0 Å². The molecule has 0 radical (unpaired) electrons. The van der Waals surface area contributed by atoms with Gasteiger partial charge < -0.3 is 19.1 Å². The van der Waals surface area contributed by atoms with Crippen LogP contribution in [-0.2, 0) is 18.6 Å². The predicted octanol–water partition coefficient (Wildman–Crippen LogP) is 2.69. The number of carbonyl (C=O) groups excluding carboxylic acids is 1. The number of Topliss-reactive ketones (excluding diaryl/α,β-unsaturated/α-hetero) is 1. The second kappa shape index (κ2) is 8.37. The number of rotatable bonds is 8. The highest BCUT2D eigenvalue weighted by Crippen LogP contribution is 2.44. The molecule has 1 aromatic carbocycles. The standard InChI is InChI=1S/C17H25O6P/c1-12(2)23-24(3,20)11-22-16-10-21-15(17(16)19)9-14(18)13-7-5-4-6-8-13/h4-8,12,15-17,19H,9-11H2,1-3H3/t15-,16-,17-,24?/m0/s1. The molecule has 0 saturated carbocycles. The summed E-state index contributed by atoms with van der Waals surface area (Å²) < 4.78 is 28.6. The Morgan fingerprint density at radius 3 is 2.67 bits per heavy atom. The van der Waals surface area contributed by atoms with E-state index >= 15 is 0 Å². The van der Waals surface area contributed by atoms with E-state index in [1.807, 2.05) is 6.07 Å². The molecule has 1 aliphatic heterocycles. The Bertz CT molecular complexity index is 588. The summed E-state index contributed by atoms with van der Waals surface area (Å²) in [5, 5.41) is 10.3. The fourth-order valence-corrected chi connectivity index (χ4v) is 4.03. The number of aliphatic hydroxyl groups is 1. The number of hydrogen-bond acceptors (Lipinski definition) is 6. The van der Waals surface area contributed by atoms with Crippen molar-refractivity contribution in [1.29, 1.82) is 0 Å². The van der Waals surface area contributed by atoms with Crippen molar-refractivity contribution >= 4 is 13.2 Å². The second-order valence-electron chi connectivity index (χ2n) is 6.36. The van der Waals surface area contributed by atoms with Crippen LogP contribution in [-0.4, -0.2) is 54.9 Å². The fourth-order valence-electron chi connectivity index (χ4n) is 2.61. The van der Waals surface area contributed by atoms with Gasteiger partial charge in [0.15, 0.2) is 5.78 Å². The fraction of sp³-hybridized carbons (Fsp3) is 0.588. The van der Waals surface area contributed by atoms with E-state index in [1.165, 1.54) is 6.66 Å². The molecule has 7 heteroatoms. The van der Waals surface area contributed by atoms with Crippen molar-refractivity contribution in [2.45, 2.75) is 44.7 Å². The van der Waals surface area contributed by atoms with Gasteiger partial charge in [-0.2, -0.15) is 0 Å². The van der Waals surface area contributed by atoms with Crippen LogP contribution in [0.5, 0.6) is 0 Å². The summed E-state index contributed by atoms with van der Waals surface area (Å²) in [6.45, 7) is 5.27. The maximum atomic E-state index is 12.2. The van der Waals surface area contributed by atoms with E-state index < -0.39 is 25.7 Å². The number of ketones is 1. The number of carbonyl (C=O) groups is 1. The Balaban J connectivity index is 1.85. The second-order valence-corrected chi connectivity index (χ2v) is 8.86. The maximum absolute atomic E-state index is 12.2. The Morgan fingerprint density at radius 1 is 1.38 bits per heavy atom. The molecule has 1 heterocycles. The van der Waals surface area contributed by atoms with Crippen LogP contribution in [0.1, 0.15) is 30.6 Å². The number of aliphatic hydroxyl groups excluding tert-OH is 1. The molecule has 2 rings (SSSR count). The smallest absolute Gasteiger partial charge is 0.225 e. The van der Waals surface area contributed by atoms with Gasteiger partial charge in [0, 0.05) is 18.6 Å². The van der Waals surface area contributed by atoms with Crippen LogP contribution in [0.3, 0.4) is 0 Å². The van der Waals surface area contributed by atoms with Crippen molar-refractivity contribution in [2.75, 3.05) is 19.6 Å². The van der Waals surface area contributed by atoms with Gasteiger partial charge in [0.2, 0.25) is 7.37 Å². The van der Waals surface area contributed by atoms with Gasteiger partial charge in [-0.1, -0.05) is 30.3 Å². The summed E-state index contributed by atoms with van der Waals surface area (Å²) in [6.07, 6.45) is -2.33. The molecule has 4 atom stereocenters. The lowest BCUT2D eigenvalue weighted by molar-refractivity contribution is -0.00558. The molecule has 1 N–H and O–H groups in total. The minimum Gasteiger partial charge on any atom is -0.388 e. The molecule has 134 valence electrons. The zero-order chi connectivity index (χ0) is 17.7. The highest BCUT2D eigenvalue weighted by Gasteiger charge is 2.38. The first-order valence-corrected chi connectivity index (χ1v) is 10.3. The average Bonchev–Trinajstić information content (AvgIpc) is 2.85. The van der Waals surface area contributed by atoms with Gasteiger partial charge in [-0.25, -0.2) is 0 Å². The third kappa shape index (κ3) is 5.50. The zero-order valence-corrected chi connectivity index (χ0v) is 15.1. The molecule has 24 heavy (non-hydrogen) atoms. The van der Waals surface area contributed by atoms with Crippen LogP contribution >= 0.6 is 7.37 Å². The molecule has 1 fully saturated rings. The molecule has 1 aliphatic rings. The quantitative estimate of drug-likeness (QED) is 0.570. The van der Waals surface area contributed by atoms with E-state index in [9.17, 15) is 14.5 Å². The lowest BCUT2D eigenvalue weighted by Crippen LogP contribution is -2.33. The molecule has 1 saturated heterocycles. The van der Waals surface area contributed by atoms with Crippen molar-refractivity contribution in [1.82, 2.24) is 0 Å². The van der Waals surface area contributed by atoms with E-state index in [1.54, 1.807) is 38.1 Å². The topological polar surface area (TPSA) is 82.1 Å². The van der Waals surface area contributed by atoms with Crippen molar-refractivity contribution in [3.8, 4) is 0 Å². The van der Waals surface area contributed by atoms with Crippen molar-refractivity contribution in [3.63, 3.8) is 0 Å². The lowest BCUT2D eigenvalue weighted by atomic mass is 10.0. The van der Waals surface area contributed by atoms with Crippen LogP contribution in [0.15, 0.2) is 30.3 Å².